The topological polar surface area (TPSA) is 34.4 Å². The van der Waals surface area contributed by atoms with Gasteiger partial charge in [0, 0.05) is 22.2 Å². The van der Waals surface area contributed by atoms with Gasteiger partial charge in [-0.15, -0.1) is 0 Å². The summed E-state index contributed by atoms with van der Waals surface area (Å²) in [5.74, 6) is 1.77. The van der Waals surface area contributed by atoms with Crippen LogP contribution in [0.25, 0.3) is 43.8 Å². The Labute approximate surface area is 254 Å². The summed E-state index contributed by atoms with van der Waals surface area (Å²) < 4.78 is 13.0. The van der Waals surface area contributed by atoms with Gasteiger partial charge in [0.15, 0.2) is 0 Å². The molecule has 0 atom stereocenters. The highest BCUT2D eigenvalue weighted by molar-refractivity contribution is 6.12. The largest absolute Gasteiger partial charge is 0.457 e. The molecular formula is C41H25NO2. The van der Waals surface area contributed by atoms with Gasteiger partial charge in [-0.2, -0.15) is 0 Å². The molecule has 3 nitrogen and oxygen atoms in total. The van der Waals surface area contributed by atoms with Gasteiger partial charge in [-0.3, -0.25) is 0 Å². The summed E-state index contributed by atoms with van der Waals surface area (Å²) in [6, 6.07) is 51.7. The summed E-state index contributed by atoms with van der Waals surface area (Å²) >= 11 is 0. The van der Waals surface area contributed by atoms with E-state index in [0.717, 1.165) is 50.4 Å². The van der Waals surface area contributed by atoms with E-state index in [-0.39, 0.29) is 0 Å². The van der Waals surface area contributed by atoms with Gasteiger partial charge < -0.3 is 14.5 Å². The van der Waals surface area contributed by atoms with Crippen molar-refractivity contribution in [2.24, 2.45) is 0 Å². The minimum absolute atomic E-state index is 0.536. The molecule has 3 heteroatoms. The maximum atomic E-state index is 6.78. The number of para-hydroxylation sites is 1. The molecule has 44 heavy (non-hydrogen) atoms. The number of fused-ring (bicyclic) bond motifs is 13. The van der Waals surface area contributed by atoms with Crippen LogP contribution in [0.1, 0.15) is 22.3 Å². The van der Waals surface area contributed by atoms with Gasteiger partial charge in [0.1, 0.15) is 22.7 Å². The Kier molecular flexibility index (Phi) is 4.65. The minimum atomic E-state index is -0.536. The number of ether oxygens (including phenoxy) is 1. The van der Waals surface area contributed by atoms with Gasteiger partial charge in [-0.05, 0) is 81.6 Å². The summed E-state index contributed by atoms with van der Waals surface area (Å²) in [4.78, 5) is 0. The molecule has 0 saturated carbocycles. The Morgan fingerprint density at radius 1 is 0.477 bits per heavy atom. The predicted octanol–water partition coefficient (Wildman–Crippen LogP) is 11.0. The summed E-state index contributed by atoms with van der Waals surface area (Å²) in [5.41, 5.74) is 10.6. The van der Waals surface area contributed by atoms with Crippen molar-refractivity contribution >= 4 is 44.1 Å². The smallest absolute Gasteiger partial charge is 0.137 e. The standard InChI is InChI=1S/C41H25NO2/c1-2-11-26-23-39-33(22-25(26)10-1)41(31-15-6-3-12-28(31)29-13-4-7-16-32(29)41)34-24-27(20-21-37(34)44-39)42-35-17-9-19-38-40(35)30-14-5-8-18-36(30)43-38/h1-24,42H. The first-order chi connectivity index (χ1) is 21.8. The molecule has 1 aromatic heterocycles. The van der Waals surface area contributed by atoms with Crippen molar-refractivity contribution in [2.75, 3.05) is 5.32 Å². The first kappa shape index (κ1) is 23.7. The second kappa shape index (κ2) is 8.62. The van der Waals surface area contributed by atoms with E-state index in [1.54, 1.807) is 0 Å². The number of furan rings is 1. The van der Waals surface area contributed by atoms with Gasteiger partial charge >= 0.3 is 0 Å². The number of hydrogen-bond acceptors (Lipinski definition) is 3. The van der Waals surface area contributed by atoms with Crippen LogP contribution < -0.4 is 10.1 Å². The molecule has 1 N–H and O–H groups in total. The number of hydrogen-bond donors (Lipinski definition) is 1. The zero-order valence-electron chi connectivity index (χ0n) is 23.7. The van der Waals surface area contributed by atoms with Crippen LogP contribution in [0, 0.1) is 0 Å². The maximum Gasteiger partial charge on any atom is 0.137 e. The second-order valence-electron chi connectivity index (χ2n) is 11.8. The van der Waals surface area contributed by atoms with Gasteiger partial charge in [0.2, 0.25) is 0 Å². The Bertz CT molecular complexity index is 2420. The highest BCUT2D eigenvalue weighted by atomic mass is 16.5. The Balaban J connectivity index is 1.25. The van der Waals surface area contributed by atoms with E-state index >= 15 is 0 Å². The molecule has 0 fully saturated rings. The molecule has 7 aromatic carbocycles. The van der Waals surface area contributed by atoms with Crippen LogP contribution in [0.15, 0.2) is 150 Å². The Morgan fingerprint density at radius 2 is 1.14 bits per heavy atom. The molecule has 2 aliphatic rings. The molecular weight excluding hydrogens is 538 g/mol. The lowest BCUT2D eigenvalue weighted by atomic mass is 9.65. The van der Waals surface area contributed by atoms with Crippen LogP contribution in [0.2, 0.25) is 0 Å². The summed E-state index contributed by atoms with van der Waals surface area (Å²) in [6.07, 6.45) is 0. The number of anilines is 2. The molecule has 0 bridgehead atoms. The molecule has 0 unspecified atom stereocenters. The molecule has 8 aromatic rings. The van der Waals surface area contributed by atoms with E-state index in [1.165, 1.54) is 38.6 Å². The molecule has 206 valence electrons. The zero-order valence-corrected chi connectivity index (χ0v) is 23.7. The van der Waals surface area contributed by atoms with Crippen molar-refractivity contribution in [1.29, 1.82) is 0 Å². The van der Waals surface area contributed by atoms with Crippen molar-refractivity contribution in [3.05, 3.63) is 168 Å². The van der Waals surface area contributed by atoms with Gasteiger partial charge in [-0.25, -0.2) is 0 Å². The van der Waals surface area contributed by atoms with Gasteiger partial charge in [0.05, 0.1) is 16.5 Å². The molecule has 0 amide bonds. The van der Waals surface area contributed by atoms with Crippen LogP contribution in [0.5, 0.6) is 11.5 Å². The highest BCUT2D eigenvalue weighted by Crippen LogP contribution is 2.62. The van der Waals surface area contributed by atoms with Crippen molar-refractivity contribution < 1.29 is 9.15 Å². The molecule has 1 aliphatic heterocycles. The van der Waals surface area contributed by atoms with Crippen LogP contribution in [0.4, 0.5) is 11.4 Å². The van der Waals surface area contributed by atoms with Crippen LogP contribution in [0.3, 0.4) is 0 Å². The highest BCUT2D eigenvalue weighted by Gasteiger charge is 2.51. The fraction of sp³-hybridized carbons (Fsp3) is 0.0244. The third-order valence-corrected chi connectivity index (χ3v) is 9.49. The normalized spacial score (nSPS) is 13.8. The summed E-state index contributed by atoms with van der Waals surface area (Å²) in [5, 5.41) is 8.32. The second-order valence-corrected chi connectivity index (χ2v) is 11.8. The fourth-order valence-corrected chi connectivity index (χ4v) is 7.70. The van der Waals surface area contributed by atoms with Crippen LogP contribution in [-0.2, 0) is 5.41 Å². The van der Waals surface area contributed by atoms with E-state index in [1.807, 2.05) is 24.3 Å². The third-order valence-electron chi connectivity index (χ3n) is 9.49. The van der Waals surface area contributed by atoms with E-state index in [4.69, 9.17) is 9.15 Å². The SMILES string of the molecule is c1ccc2c(c1)-c1ccccc1C21c2cc(Nc3cccc4oc5ccccc5c34)ccc2Oc2cc3ccccc3cc21. The number of rotatable bonds is 2. The lowest BCUT2D eigenvalue weighted by Crippen LogP contribution is -2.32. The third kappa shape index (κ3) is 3.05. The van der Waals surface area contributed by atoms with E-state index in [9.17, 15) is 0 Å². The van der Waals surface area contributed by atoms with Crippen LogP contribution >= 0.6 is 0 Å². The van der Waals surface area contributed by atoms with Crippen LogP contribution in [-0.4, -0.2) is 0 Å². The fourth-order valence-electron chi connectivity index (χ4n) is 7.70. The molecule has 0 saturated heterocycles. The van der Waals surface area contributed by atoms with Crippen molar-refractivity contribution in [3.63, 3.8) is 0 Å². The van der Waals surface area contributed by atoms with Gasteiger partial charge in [0.25, 0.3) is 0 Å². The minimum Gasteiger partial charge on any atom is -0.457 e. The molecule has 1 aliphatic carbocycles. The molecule has 2 heterocycles. The maximum absolute atomic E-state index is 6.78. The predicted molar refractivity (Wildman–Crippen MR) is 178 cm³/mol. The summed E-state index contributed by atoms with van der Waals surface area (Å²) in [6.45, 7) is 0. The Morgan fingerprint density at radius 3 is 1.95 bits per heavy atom. The zero-order chi connectivity index (χ0) is 28.8. The molecule has 10 rings (SSSR count). The van der Waals surface area contributed by atoms with Gasteiger partial charge in [-0.1, -0.05) is 97.1 Å². The summed E-state index contributed by atoms with van der Waals surface area (Å²) in [7, 11) is 0. The van der Waals surface area contributed by atoms with Crippen molar-refractivity contribution in [3.8, 4) is 22.6 Å². The molecule has 1 spiro atoms. The van der Waals surface area contributed by atoms with Crippen molar-refractivity contribution in [1.82, 2.24) is 0 Å². The molecule has 0 radical (unpaired) electrons. The number of benzene rings is 7. The average Bonchev–Trinajstić information content (AvgIpc) is 3.60. The first-order valence-corrected chi connectivity index (χ1v) is 15.0. The first-order valence-electron chi connectivity index (χ1n) is 15.0. The van der Waals surface area contributed by atoms with E-state index < -0.39 is 5.41 Å². The number of nitrogens with one attached hydrogen (secondary N) is 1. The lowest BCUT2D eigenvalue weighted by molar-refractivity contribution is 0.437. The quantitative estimate of drug-likeness (QED) is 0.227. The average molecular weight is 564 g/mol. The van der Waals surface area contributed by atoms with Crippen molar-refractivity contribution in [2.45, 2.75) is 5.41 Å². The van der Waals surface area contributed by atoms with E-state index in [0.29, 0.717) is 0 Å². The monoisotopic (exact) mass is 563 g/mol. The Hall–Kier alpha value is -5.80. The lowest BCUT2D eigenvalue weighted by Gasteiger charge is -2.40. The van der Waals surface area contributed by atoms with E-state index in [2.05, 4.69) is 127 Å².